The average molecular weight is 277 g/mol. The van der Waals surface area contributed by atoms with Crippen molar-refractivity contribution in [1.29, 1.82) is 0 Å². The number of hydrogen-bond donors (Lipinski definition) is 2. The Hall–Kier alpha value is -2.20. The van der Waals surface area contributed by atoms with Gasteiger partial charge in [0.1, 0.15) is 11.5 Å². The second kappa shape index (κ2) is 5.63. The molecule has 2 aromatic carbocycles. The molecule has 0 spiro atoms. The van der Waals surface area contributed by atoms with Crippen LogP contribution in [0.3, 0.4) is 0 Å². The molecule has 0 aliphatic heterocycles. The van der Waals surface area contributed by atoms with Gasteiger partial charge in [0, 0.05) is 11.1 Å². The Morgan fingerprint density at radius 1 is 1.26 bits per heavy atom. The van der Waals surface area contributed by atoms with Gasteiger partial charge >= 0.3 is 0 Å². The normalized spacial score (nSPS) is 11.4. The number of rotatable bonds is 3. The highest BCUT2D eigenvalue weighted by atomic mass is 35.5. The monoisotopic (exact) mass is 276 g/mol. The lowest BCUT2D eigenvalue weighted by Crippen LogP contribution is -2.14. The fourth-order valence-electron chi connectivity index (χ4n) is 1.65. The molecule has 0 amide bonds. The van der Waals surface area contributed by atoms with Crippen LogP contribution in [0.25, 0.3) is 0 Å². The first-order valence-corrected chi connectivity index (χ1v) is 6.00. The minimum Gasteiger partial charge on any atom is -0.457 e. The summed E-state index contributed by atoms with van der Waals surface area (Å²) in [5, 5.41) is 12.3. The molecular formula is C14H13ClN2O2. The number of hydrogen-bond acceptors (Lipinski definition) is 3. The van der Waals surface area contributed by atoms with E-state index in [2.05, 4.69) is 5.16 Å². The summed E-state index contributed by atoms with van der Waals surface area (Å²) >= 11 is 5.94. The van der Waals surface area contributed by atoms with Crippen molar-refractivity contribution in [2.75, 3.05) is 0 Å². The van der Waals surface area contributed by atoms with Crippen molar-refractivity contribution in [2.24, 2.45) is 10.9 Å². The van der Waals surface area contributed by atoms with Crippen LogP contribution in [0.1, 0.15) is 11.1 Å². The maximum Gasteiger partial charge on any atom is 0.173 e. The van der Waals surface area contributed by atoms with Crippen molar-refractivity contribution >= 4 is 17.4 Å². The van der Waals surface area contributed by atoms with Gasteiger partial charge in [0.15, 0.2) is 5.84 Å². The lowest BCUT2D eigenvalue weighted by molar-refractivity contribution is 0.318. The van der Waals surface area contributed by atoms with Crippen molar-refractivity contribution in [1.82, 2.24) is 0 Å². The molecule has 0 unspecified atom stereocenters. The van der Waals surface area contributed by atoms with Crippen LogP contribution in [-0.4, -0.2) is 11.0 Å². The van der Waals surface area contributed by atoms with Crippen LogP contribution >= 0.6 is 11.6 Å². The van der Waals surface area contributed by atoms with E-state index < -0.39 is 0 Å². The van der Waals surface area contributed by atoms with Crippen molar-refractivity contribution in [2.45, 2.75) is 6.92 Å². The zero-order valence-electron chi connectivity index (χ0n) is 10.3. The third-order valence-corrected chi connectivity index (χ3v) is 2.78. The smallest absolute Gasteiger partial charge is 0.173 e. The Bertz CT molecular complexity index is 627. The Morgan fingerprint density at radius 2 is 2.05 bits per heavy atom. The molecule has 98 valence electrons. The van der Waals surface area contributed by atoms with E-state index in [1.165, 1.54) is 0 Å². The third kappa shape index (κ3) is 3.17. The summed E-state index contributed by atoms with van der Waals surface area (Å²) in [4.78, 5) is 0. The number of nitrogens with two attached hydrogens (primary N) is 1. The molecule has 0 atom stereocenters. The SMILES string of the molecule is Cc1cccc(Oc2cc(Cl)ccc2C(N)=NO)c1. The van der Waals surface area contributed by atoms with E-state index in [-0.39, 0.29) is 5.84 Å². The number of ether oxygens (including phenoxy) is 1. The van der Waals surface area contributed by atoms with E-state index in [0.29, 0.717) is 22.1 Å². The van der Waals surface area contributed by atoms with Crippen LogP contribution in [0.2, 0.25) is 5.02 Å². The van der Waals surface area contributed by atoms with Crippen molar-refractivity contribution in [3.8, 4) is 11.5 Å². The molecule has 0 aromatic heterocycles. The average Bonchev–Trinajstić information content (AvgIpc) is 2.38. The van der Waals surface area contributed by atoms with E-state index in [1.54, 1.807) is 18.2 Å². The summed E-state index contributed by atoms with van der Waals surface area (Å²) in [5.41, 5.74) is 7.16. The molecule has 3 N–H and O–H groups in total. The van der Waals surface area contributed by atoms with Gasteiger partial charge in [-0.2, -0.15) is 0 Å². The van der Waals surface area contributed by atoms with Crippen molar-refractivity contribution < 1.29 is 9.94 Å². The van der Waals surface area contributed by atoms with Gasteiger partial charge in [0.2, 0.25) is 0 Å². The summed E-state index contributed by atoms with van der Waals surface area (Å²) in [5.74, 6) is 1.07. The van der Waals surface area contributed by atoms with Gasteiger partial charge < -0.3 is 15.7 Å². The Kier molecular flexibility index (Phi) is 3.92. The second-order valence-corrected chi connectivity index (χ2v) is 4.48. The molecule has 0 bridgehead atoms. The molecule has 0 aliphatic carbocycles. The third-order valence-electron chi connectivity index (χ3n) is 2.54. The summed E-state index contributed by atoms with van der Waals surface area (Å²) in [6.45, 7) is 1.97. The Balaban J connectivity index is 2.41. The van der Waals surface area contributed by atoms with Crippen molar-refractivity contribution in [3.63, 3.8) is 0 Å². The molecule has 0 saturated carbocycles. The minimum atomic E-state index is -0.0284. The van der Waals surface area contributed by atoms with Crippen LogP contribution in [0, 0.1) is 6.92 Å². The Morgan fingerprint density at radius 3 is 2.74 bits per heavy atom. The predicted molar refractivity (Wildman–Crippen MR) is 75.2 cm³/mol. The molecular weight excluding hydrogens is 264 g/mol. The fourth-order valence-corrected chi connectivity index (χ4v) is 1.81. The quantitative estimate of drug-likeness (QED) is 0.390. The predicted octanol–water partition coefficient (Wildman–Crippen LogP) is 3.54. The summed E-state index contributed by atoms with van der Waals surface area (Å²) < 4.78 is 5.74. The molecule has 0 radical (unpaired) electrons. The topological polar surface area (TPSA) is 67.8 Å². The highest BCUT2D eigenvalue weighted by Gasteiger charge is 2.10. The van der Waals surface area contributed by atoms with Gasteiger partial charge in [-0.15, -0.1) is 0 Å². The molecule has 19 heavy (non-hydrogen) atoms. The zero-order valence-corrected chi connectivity index (χ0v) is 11.1. The number of benzene rings is 2. The number of halogens is 1. The van der Waals surface area contributed by atoms with E-state index in [4.69, 9.17) is 27.3 Å². The number of nitrogens with zero attached hydrogens (tertiary/aromatic N) is 1. The van der Waals surface area contributed by atoms with Crippen LogP contribution in [0.5, 0.6) is 11.5 Å². The van der Waals surface area contributed by atoms with E-state index >= 15 is 0 Å². The molecule has 4 nitrogen and oxygen atoms in total. The standard InChI is InChI=1S/C14H13ClN2O2/c1-9-3-2-4-11(7-9)19-13-8-10(15)5-6-12(13)14(16)17-18/h2-8,18H,1H3,(H2,16,17). The zero-order chi connectivity index (χ0) is 13.8. The van der Waals surface area contributed by atoms with Crippen LogP contribution in [0.15, 0.2) is 47.6 Å². The second-order valence-electron chi connectivity index (χ2n) is 4.04. The van der Waals surface area contributed by atoms with Gasteiger partial charge in [0.25, 0.3) is 0 Å². The van der Waals surface area contributed by atoms with E-state index in [9.17, 15) is 0 Å². The molecule has 0 fully saturated rings. The van der Waals surface area contributed by atoms with Crippen LogP contribution in [0.4, 0.5) is 0 Å². The summed E-state index contributed by atoms with van der Waals surface area (Å²) in [6, 6.07) is 12.5. The molecule has 2 aromatic rings. The highest BCUT2D eigenvalue weighted by molar-refractivity contribution is 6.30. The fraction of sp³-hybridized carbons (Fsp3) is 0.0714. The lowest BCUT2D eigenvalue weighted by Gasteiger charge is -2.11. The van der Waals surface area contributed by atoms with E-state index in [1.807, 2.05) is 31.2 Å². The largest absolute Gasteiger partial charge is 0.457 e. The van der Waals surface area contributed by atoms with Crippen LogP contribution in [-0.2, 0) is 0 Å². The van der Waals surface area contributed by atoms with Gasteiger partial charge in [-0.1, -0.05) is 28.9 Å². The molecule has 0 heterocycles. The Labute approximate surface area is 116 Å². The summed E-state index contributed by atoms with van der Waals surface area (Å²) in [6.07, 6.45) is 0. The number of oxime groups is 1. The van der Waals surface area contributed by atoms with Crippen LogP contribution < -0.4 is 10.5 Å². The first-order valence-electron chi connectivity index (χ1n) is 5.62. The van der Waals surface area contributed by atoms with Gasteiger partial charge in [0.05, 0.1) is 5.56 Å². The van der Waals surface area contributed by atoms with Gasteiger partial charge in [-0.25, -0.2) is 0 Å². The lowest BCUT2D eigenvalue weighted by atomic mass is 10.2. The first kappa shape index (κ1) is 13.2. The van der Waals surface area contributed by atoms with E-state index in [0.717, 1.165) is 5.56 Å². The maximum atomic E-state index is 8.77. The summed E-state index contributed by atoms with van der Waals surface area (Å²) in [7, 11) is 0. The molecule has 2 rings (SSSR count). The number of amidine groups is 1. The van der Waals surface area contributed by atoms with Gasteiger partial charge in [-0.3, -0.25) is 0 Å². The van der Waals surface area contributed by atoms with Gasteiger partial charge in [-0.05, 0) is 36.8 Å². The number of aryl methyl sites for hydroxylation is 1. The highest BCUT2D eigenvalue weighted by Crippen LogP contribution is 2.28. The first-order chi connectivity index (χ1) is 9.10. The molecule has 5 heteroatoms. The van der Waals surface area contributed by atoms with Crippen molar-refractivity contribution in [3.05, 3.63) is 58.6 Å². The maximum absolute atomic E-state index is 8.77. The molecule has 0 saturated heterocycles. The molecule has 0 aliphatic rings. The minimum absolute atomic E-state index is 0.0284.